The van der Waals surface area contributed by atoms with Crippen molar-refractivity contribution in [3.63, 3.8) is 0 Å². The molecular formula is C21H19Cl2N3O. The van der Waals surface area contributed by atoms with Gasteiger partial charge in [0.25, 0.3) is 0 Å². The molecule has 1 saturated heterocycles. The van der Waals surface area contributed by atoms with Gasteiger partial charge in [-0.05, 0) is 35.9 Å². The molecule has 0 bridgehead atoms. The first-order valence-corrected chi connectivity index (χ1v) is 9.68. The Morgan fingerprint density at radius 1 is 0.926 bits per heavy atom. The highest BCUT2D eigenvalue weighted by molar-refractivity contribution is 6.42. The smallest absolute Gasteiger partial charge is 0.227 e. The zero-order valence-electron chi connectivity index (χ0n) is 14.7. The predicted molar refractivity (Wildman–Crippen MR) is 111 cm³/mol. The van der Waals surface area contributed by atoms with Crippen LogP contribution in [0.25, 0.3) is 10.9 Å². The van der Waals surface area contributed by atoms with Crippen LogP contribution in [0.4, 0.5) is 5.82 Å². The minimum Gasteiger partial charge on any atom is -0.353 e. The predicted octanol–water partition coefficient (Wildman–Crippen LogP) is 4.43. The van der Waals surface area contributed by atoms with Gasteiger partial charge in [-0.2, -0.15) is 0 Å². The first-order chi connectivity index (χ1) is 13.1. The van der Waals surface area contributed by atoms with Gasteiger partial charge in [0.1, 0.15) is 5.82 Å². The number of benzene rings is 2. The number of hydrogen-bond acceptors (Lipinski definition) is 3. The fraction of sp³-hybridized carbons (Fsp3) is 0.238. The molecule has 2 aromatic carbocycles. The van der Waals surface area contributed by atoms with Gasteiger partial charge in [-0.15, -0.1) is 0 Å². The Morgan fingerprint density at radius 3 is 2.48 bits per heavy atom. The second-order valence-electron chi connectivity index (χ2n) is 6.66. The van der Waals surface area contributed by atoms with Crippen molar-refractivity contribution in [2.75, 3.05) is 31.1 Å². The number of nitrogens with zero attached hydrogens (tertiary/aromatic N) is 3. The topological polar surface area (TPSA) is 36.4 Å². The van der Waals surface area contributed by atoms with Crippen molar-refractivity contribution >= 4 is 45.8 Å². The summed E-state index contributed by atoms with van der Waals surface area (Å²) in [5, 5.41) is 2.12. The summed E-state index contributed by atoms with van der Waals surface area (Å²) in [7, 11) is 0. The van der Waals surface area contributed by atoms with E-state index in [2.05, 4.69) is 23.1 Å². The van der Waals surface area contributed by atoms with Crippen molar-refractivity contribution in [1.29, 1.82) is 0 Å². The van der Waals surface area contributed by atoms with Gasteiger partial charge in [0, 0.05) is 31.6 Å². The third-order valence-electron chi connectivity index (χ3n) is 4.88. The van der Waals surface area contributed by atoms with E-state index in [1.807, 2.05) is 29.2 Å². The molecule has 138 valence electrons. The highest BCUT2D eigenvalue weighted by Gasteiger charge is 2.22. The molecule has 1 aliphatic heterocycles. The maximum Gasteiger partial charge on any atom is 0.227 e. The van der Waals surface area contributed by atoms with E-state index >= 15 is 0 Å². The van der Waals surface area contributed by atoms with Gasteiger partial charge in [0.2, 0.25) is 5.91 Å². The number of halogens is 2. The van der Waals surface area contributed by atoms with Crippen molar-refractivity contribution in [1.82, 2.24) is 9.88 Å². The van der Waals surface area contributed by atoms with Crippen LogP contribution in [0.15, 0.2) is 54.6 Å². The van der Waals surface area contributed by atoms with Crippen LogP contribution in [0.5, 0.6) is 0 Å². The second-order valence-corrected chi connectivity index (χ2v) is 7.47. The van der Waals surface area contributed by atoms with E-state index in [4.69, 9.17) is 28.2 Å². The molecular weight excluding hydrogens is 381 g/mol. The molecule has 0 unspecified atom stereocenters. The lowest BCUT2D eigenvalue weighted by Gasteiger charge is -2.35. The van der Waals surface area contributed by atoms with Crippen LogP contribution in [0.1, 0.15) is 5.56 Å². The van der Waals surface area contributed by atoms with Gasteiger partial charge in [-0.1, -0.05) is 47.5 Å². The van der Waals surface area contributed by atoms with Crippen molar-refractivity contribution in [3.8, 4) is 0 Å². The molecule has 1 amide bonds. The molecule has 27 heavy (non-hydrogen) atoms. The molecule has 4 nitrogen and oxygen atoms in total. The summed E-state index contributed by atoms with van der Waals surface area (Å²) >= 11 is 12.0. The number of para-hydroxylation sites is 1. The Kier molecular flexibility index (Phi) is 5.19. The van der Waals surface area contributed by atoms with Gasteiger partial charge in [0.15, 0.2) is 0 Å². The number of aromatic nitrogens is 1. The Labute approximate surface area is 168 Å². The maximum atomic E-state index is 12.6. The lowest BCUT2D eigenvalue weighted by Crippen LogP contribution is -2.49. The largest absolute Gasteiger partial charge is 0.353 e. The lowest BCUT2D eigenvalue weighted by molar-refractivity contribution is -0.130. The van der Waals surface area contributed by atoms with Crippen LogP contribution in [-0.4, -0.2) is 42.0 Å². The molecule has 0 N–H and O–H groups in total. The number of carbonyl (C=O) groups is 1. The summed E-state index contributed by atoms with van der Waals surface area (Å²) < 4.78 is 0. The van der Waals surface area contributed by atoms with Crippen molar-refractivity contribution < 1.29 is 4.79 Å². The fourth-order valence-corrected chi connectivity index (χ4v) is 3.67. The van der Waals surface area contributed by atoms with Crippen LogP contribution in [-0.2, 0) is 11.2 Å². The van der Waals surface area contributed by atoms with E-state index in [1.54, 1.807) is 12.1 Å². The van der Waals surface area contributed by atoms with Crippen LogP contribution in [0.3, 0.4) is 0 Å². The number of pyridine rings is 1. The molecule has 0 spiro atoms. The number of fused-ring (bicyclic) bond motifs is 1. The summed E-state index contributed by atoms with van der Waals surface area (Å²) in [6.07, 6.45) is 0.338. The molecule has 0 saturated carbocycles. The normalized spacial score (nSPS) is 14.6. The third-order valence-corrected chi connectivity index (χ3v) is 5.62. The Bertz CT molecular complexity index is 984. The third kappa shape index (κ3) is 4.02. The molecule has 3 aromatic rings. The average molecular weight is 400 g/mol. The molecule has 0 aliphatic carbocycles. The molecule has 1 aliphatic rings. The molecule has 0 atom stereocenters. The number of rotatable bonds is 3. The summed E-state index contributed by atoms with van der Waals surface area (Å²) in [5.74, 6) is 1.07. The van der Waals surface area contributed by atoms with Gasteiger partial charge < -0.3 is 9.80 Å². The first-order valence-electron chi connectivity index (χ1n) is 8.92. The number of hydrogen-bond donors (Lipinski definition) is 0. The van der Waals surface area contributed by atoms with E-state index in [0.717, 1.165) is 35.4 Å². The number of anilines is 1. The van der Waals surface area contributed by atoms with E-state index < -0.39 is 0 Å². The van der Waals surface area contributed by atoms with Crippen molar-refractivity contribution in [2.24, 2.45) is 0 Å². The minimum atomic E-state index is 0.111. The average Bonchev–Trinajstić information content (AvgIpc) is 2.70. The van der Waals surface area contributed by atoms with Crippen LogP contribution < -0.4 is 4.90 Å². The van der Waals surface area contributed by atoms with E-state index in [0.29, 0.717) is 29.6 Å². The van der Waals surface area contributed by atoms with Crippen LogP contribution in [0.2, 0.25) is 10.0 Å². The number of carbonyl (C=O) groups excluding carboxylic acids is 1. The standard InChI is InChI=1S/C21H19Cl2N3O/c22-17-7-5-15(13-18(17)23)14-21(27)26-11-9-25(10-12-26)20-8-6-16-3-1-2-4-19(16)24-20/h1-8,13H,9-12,14H2. The second kappa shape index (κ2) is 7.75. The minimum absolute atomic E-state index is 0.111. The highest BCUT2D eigenvalue weighted by Crippen LogP contribution is 2.23. The van der Waals surface area contributed by atoms with Crippen LogP contribution >= 0.6 is 23.2 Å². The van der Waals surface area contributed by atoms with Crippen LogP contribution in [0, 0.1) is 0 Å². The summed E-state index contributed by atoms with van der Waals surface area (Å²) in [5.41, 5.74) is 1.88. The Hall–Kier alpha value is -2.30. The molecule has 1 aromatic heterocycles. The van der Waals surface area contributed by atoms with Gasteiger partial charge >= 0.3 is 0 Å². The zero-order valence-corrected chi connectivity index (χ0v) is 16.2. The SMILES string of the molecule is O=C(Cc1ccc(Cl)c(Cl)c1)N1CCN(c2ccc3ccccc3n2)CC1. The van der Waals surface area contributed by atoms with Crippen molar-refractivity contribution in [2.45, 2.75) is 6.42 Å². The zero-order chi connectivity index (χ0) is 18.8. The fourth-order valence-electron chi connectivity index (χ4n) is 3.35. The van der Waals surface area contributed by atoms with E-state index in [1.165, 1.54) is 0 Å². The van der Waals surface area contributed by atoms with Gasteiger partial charge in [-0.25, -0.2) is 4.98 Å². The molecule has 2 heterocycles. The van der Waals surface area contributed by atoms with Gasteiger partial charge in [-0.3, -0.25) is 4.79 Å². The molecule has 4 rings (SSSR count). The lowest BCUT2D eigenvalue weighted by atomic mass is 10.1. The number of piperazine rings is 1. The molecule has 6 heteroatoms. The number of amides is 1. The van der Waals surface area contributed by atoms with Gasteiger partial charge in [0.05, 0.1) is 22.0 Å². The van der Waals surface area contributed by atoms with E-state index in [9.17, 15) is 4.79 Å². The molecule has 0 radical (unpaired) electrons. The van der Waals surface area contributed by atoms with E-state index in [-0.39, 0.29) is 5.91 Å². The highest BCUT2D eigenvalue weighted by atomic mass is 35.5. The Morgan fingerprint density at radius 2 is 1.70 bits per heavy atom. The summed E-state index contributed by atoms with van der Waals surface area (Å²) in [4.78, 5) is 21.5. The summed E-state index contributed by atoms with van der Waals surface area (Å²) in [6.45, 7) is 2.93. The summed E-state index contributed by atoms with van der Waals surface area (Å²) in [6, 6.07) is 17.6. The quantitative estimate of drug-likeness (QED) is 0.653. The molecule has 1 fully saturated rings. The van der Waals surface area contributed by atoms with Crippen molar-refractivity contribution in [3.05, 3.63) is 70.2 Å². The monoisotopic (exact) mass is 399 g/mol. The first kappa shape index (κ1) is 18.1. The maximum absolute atomic E-state index is 12.6. The Balaban J connectivity index is 1.38.